The summed E-state index contributed by atoms with van der Waals surface area (Å²) in [6.45, 7) is 1.76. The maximum absolute atomic E-state index is 13.3. The van der Waals surface area contributed by atoms with E-state index in [-0.39, 0.29) is 5.56 Å². The second-order valence-electron chi connectivity index (χ2n) is 4.72. The normalized spacial score (nSPS) is 13.3. The van der Waals surface area contributed by atoms with Gasteiger partial charge in [-0.05, 0) is 47.9 Å². The maximum atomic E-state index is 13.3. The predicted octanol–water partition coefficient (Wildman–Crippen LogP) is 4.85. The van der Waals surface area contributed by atoms with Crippen LogP contribution in [0.25, 0.3) is 0 Å². The zero-order valence-corrected chi connectivity index (χ0v) is 11.8. The Morgan fingerprint density at radius 2 is 1.76 bits per heavy atom. The van der Waals surface area contributed by atoms with Gasteiger partial charge in [-0.3, -0.25) is 0 Å². The Kier molecular flexibility index (Phi) is 4.25. The first-order chi connectivity index (χ1) is 9.70. The molecule has 6 heteroatoms. The third-order valence-electron chi connectivity index (χ3n) is 3.22. The number of hydrogen-bond donors (Lipinski definition) is 1. The summed E-state index contributed by atoms with van der Waals surface area (Å²) in [5, 5.41) is 0.513. The summed E-state index contributed by atoms with van der Waals surface area (Å²) in [7, 11) is 0. The van der Waals surface area contributed by atoms with E-state index in [1.807, 2.05) is 0 Å². The van der Waals surface area contributed by atoms with Gasteiger partial charge in [-0.15, -0.1) is 0 Å². The molecular weight excluding hydrogens is 306 g/mol. The fourth-order valence-corrected chi connectivity index (χ4v) is 2.35. The Balaban J connectivity index is 2.46. The SMILES string of the molecule is Cc1cc(Cl)ccc1C(N)c1ccc(F)c(C(F)(F)F)c1. The van der Waals surface area contributed by atoms with E-state index in [0.717, 1.165) is 17.7 Å². The summed E-state index contributed by atoms with van der Waals surface area (Å²) >= 11 is 5.83. The lowest BCUT2D eigenvalue weighted by atomic mass is 9.94. The summed E-state index contributed by atoms with van der Waals surface area (Å²) < 4.78 is 51.5. The molecule has 0 aliphatic carbocycles. The maximum Gasteiger partial charge on any atom is 0.419 e. The Hall–Kier alpha value is -1.59. The van der Waals surface area contributed by atoms with Gasteiger partial charge in [-0.2, -0.15) is 13.2 Å². The van der Waals surface area contributed by atoms with Crippen molar-refractivity contribution in [2.24, 2.45) is 5.73 Å². The second kappa shape index (κ2) is 5.66. The van der Waals surface area contributed by atoms with Crippen LogP contribution >= 0.6 is 11.6 Å². The van der Waals surface area contributed by atoms with Crippen LogP contribution in [0.3, 0.4) is 0 Å². The molecule has 0 aliphatic heterocycles. The van der Waals surface area contributed by atoms with E-state index in [1.54, 1.807) is 25.1 Å². The summed E-state index contributed by atoms with van der Waals surface area (Å²) in [5.74, 6) is -1.31. The molecule has 0 saturated heterocycles. The van der Waals surface area contributed by atoms with Crippen molar-refractivity contribution in [1.82, 2.24) is 0 Å². The molecule has 2 rings (SSSR count). The molecule has 0 bridgehead atoms. The first-order valence-corrected chi connectivity index (χ1v) is 6.46. The highest BCUT2D eigenvalue weighted by molar-refractivity contribution is 6.30. The quantitative estimate of drug-likeness (QED) is 0.787. The number of hydrogen-bond acceptors (Lipinski definition) is 1. The lowest BCUT2D eigenvalue weighted by Gasteiger charge is -2.17. The van der Waals surface area contributed by atoms with Gasteiger partial charge >= 0.3 is 6.18 Å². The van der Waals surface area contributed by atoms with Gasteiger partial charge in [0.2, 0.25) is 0 Å². The third-order valence-corrected chi connectivity index (χ3v) is 3.46. The van der Waals surface area contributed by atoms with Crippen LogP contribution in [-0.4, -0.2) is 0 Å². The number of alkyl halides is 3. The number of rotatable bonds is 2. The monoisotopic (exact) mass is 317 g/mol. The molecule has 0 spiro atoms. The molecule has 2 N–H and O–H groups in total. The van der Waals surface area contributed by atoms with E-state index in [0.29, 0.717) is 10.6 Å². The van der Waals surface area contributed by atoms with Crippen LogP contribution in [-0.2, 0) is 6.18 Å². The Labute approximate surface area is 124 Å². The minimum atomic E-state index is -4.76. The highest BCUT2D eigenvalue weighted by Gasteiger charge is 2.34. The van der Waals surface area contributed by atoms with Crippen LogP contribution < -0.4 is 5.73 Å². The van der Waals surface area contributed by atoms with E-state index >= 15 is 0 Å². The molecule has 2 aromatic carbocycles. The zero-order valence-electron chi connectivity index (χ0n) is 11.0. The van der Waals surface area contributed by atoms with Crippen molar-refractivity contribution in [2.45, 2.75) is 19.1 Å². The first kappa shape index (κ1) is 15.8. The van der Waals surface area contributed by atoms with Crippen LogP contribution in [0.5, 0.6) is 0 Å². The Morgan fingerprint density at radius 1 is 1.10 bits per heavy atom. The van der Waals surface area contributed by atoms with Crippen molar-refractivity contribution in [3.8, 4) is 0 Å². The van der Waals surface area contributed by atoms with E-state index in [9.17, 15) is 17.6 Å². The summed E-state index contributed by atoms with van der Waals surface area (Å²) in [4.78, 5) is 0. The molecule has 1 nitrogen and oxygen atoms in total. The van der Waals surface area contributed by atoms with E-state index in [2.05, 4.69) is 0 Å². The van der Waals surface area contributed by atoms with Crippen molar-refractivity contribution in [3.05, 3.63) is 69.5 Å². The molecular formula is C15H12ClF4N. The van der Waals surface area contributed by atoms with Crippen molar-refractivity contribution in [2.75, 3.05) is 0 Å². The van der Waals surface area contributed by atoms with Crippen molar-refractivity contribution in [1.29, 1.82) is 0 Å². The van der Waals surface area contributed by atoms with Crippen LogP contribution in [0.1, 0.15) is 28.3 Å². The lowest BCUT2D eigenvalue weighted by Crippen LogP contribution is -2.16. The molecule has 0 fully saturated rings. The van der Waals surface area contributed by atoms with E-state index in [1.165, 1.54) is 6.07 Å². The second-order valence-corrected chi connectivity index (χ2v) is 5.15. The molecule has 1 atom stereocenters. The van der Waals surface area contributed by atoms with Crippen LogP contribution in [0.2, 0.25) is 5.02 Å². The Morgan fingerprint density at radius 3 is 2.33 bits per heavy atom. The van der Waals surface area contributed by atoms with Gasteiger partial charge in [0.15, 0.2) is 0 Å². The zero-order chi connectivity index (χ0) is 15.8. The van der Waals surface area contributed by atoms with Gasteiger partial charge in [0.1, 0.15) is 5.82 Å². The van der Waals surface area contributed by atoms with E-state index < -0.39 is 23.6 Å². The smallest absolute Gasteiger partial charge is 0.320 e. The molecule has 0 amide bonds. The third kappa shape index (κ3) is 3.36. The van der Waals surface area contributed by atoms with Crippen LogP contribution in [0.4, 0.5) is 17.6 Å². The molecule has 0 saturated carbocycles. The fraction of sp³-hybridized carbons (Fsp3) is 0.200. The molecule has 21 heavy (non-hydrogen) atoms. The van der Waals surface area contributed by atoms with Gasteiger partial charge in [0.25, 0.3) is 0 Å². The topological polar surface area (TPSA) is 26.0 Å². The van der Waals surface area contributed by atoms with Gasteiger partial charge in [-0.1, -0.05) is 23.7 Å². The largest absolute Gasteiger partial charge is 0.419 e. The highest BCUT2D eigenvalue weighted by atomic mass is 35.5. The molecule has 0 heterocycles. The number of aryl methyl sites for hydroxylation is 1. The molecule has 1 unspecified atom stereocenters. The average Bonchev–Trinajstić information content (AvgIpc) is 2.37. The minimum absolute atomic E-state index is 0.189. The van der Waals surface area contributed by atoms with Gasteiger partial charge in [0, 0.05) is 5.02 Å². The van der Waals surface area contributed by atoms with Crippen LogP contribution in [0.15, 0.2) is 36.4 Å². The lowest BCUT2D eigenvalue weighted by molar-refractivity contribution is -0.140. The van der Waals surface area contributed by atoms with Crippen molar-refractivity contribution < 1.29 is 17.6 Å². The molecule has 112 valence electrons. The molecule has 2 aromatic rings. The van der Waals surface area contributed by atoms with E-state index in [4.69, 9.17) is 17.3 Å². The highest BCUT2D eigenvalue weighted by Crippen LogP contribution is 2.34. The first-order valence-electron chi connectivity index (χ1n) is 6.08. The summed E-state index contributed by atoms with van der Waals surface area (Å²) in [5.41, 5.74) is 6.26. The Bertz CT molecular complexity index is 667. The predicted molar refractivity (Wildman–Crippen MR) is 73.6 cm³/mol. The molecule has 0 aliphatic rings. The average molecular weight is 318 g/mol. The van der Waals surface area contributed by atoms with Crippen molar-refractivity contribution >= 4 is 11.6 Å². The molecule has 0 radical (unpaired) electrons. The minimum Gasteiger partial charge on any atom is -0.320 e. The summed E-state index contributed by atoms with van der Waals surface area (Å²) in [6.07, 6.45) is -4.76. The molecule has 0 aromatic heterocycles. The number of nitrogens with two attached hydrogens (primary N) is 1. The fourth-order valence-electron chi connectivity index (χ4n) is 2.12. The van der Waals surface area contributed by atoms with Crippen molar-refractivity contribution in [3.63, 3.8) is 0 Å². The van der Waals surface area contributed by atoms with Crippen LogP contribution in [0, 0.1) is 12.7 Å². The van der Waals surface area contributed by atoms with Gasteiger partial charge < -0.3 is 5.73 Å². The van der Waals surface area contributed by atoms with Gasteiger partial charge in [0.05, 0.1) is 11.6 Å². The number of halogens is 5. The summed E-state index contributed by atoms with van der Waals surface area (Å²) in [6, 6.07) is 6.92. The van der Waals surface area contributed by atoms with Gasteiger partial charge in [-0.25, -0.2) is 4.39 Å². The number of benzene rings is 2. The standard InChI is InChI=1S/C15H12ClF4N/c1-8-6-10(16)3-4-11(8)14(21)9-2-5-13(17)12(7-9)15(18,19)20/h2-7,14H,21H2,1H3.